The Hall–Kier alpha value is -3.36. The molecule has 1 amide bonds. The van der Waals surface area contributed by atoms with Crippen LogP contribution in [0.4, 0.5) is 0 Å². The van der Waals surface area contributed by atoms with Crippen LogP contribution < -0.4 is 20.9 Å². The molecule has 0 spiro atoms. The summed E-state index contributed by atoms with van der Waals surface area (Å²) in [6, 6.07) is 5.21. The highest BCUT2D eigenvalue weighted by Gasteiger charge is 2.25. The lowest BCUT2D eigenvalue weighted by Crippen LogP contribution is -2.18. The van der Waals surface area contributed by atoms with Crippen molar-refractivity contribution in [2.75, 3.05) is 14.2 Å². The van der Waals surface area contributed by atoms with Crippen molar-refractivity contribution in [2.45, 2.75) is 38.0 Å². The second-order valence-electron chi connectivity index (χ2n) is 7.11. The lowest BCUT2D eigenvalue weighted by atomic mass is 9.88. The molecule has 3 aromatic rings. The van der Waals surface area contributed by atoms with Crippen LogP contribution in [0, 0.1) is 0 Å². The highest BCUT2D eigenvalue weighted by molar-refractivity contribution is 6.01. The van der Waals surface area contributed by atoms with Crippen molar-refractivity contribution in [1.29, 1.82) is 0 Å². The van der Waals surface area contributed by atoms with Gasteiger partial charge < -0.3 is 20.2 Å². The van der Waals surface area contributed by atoms with Crippen LogP contribution in [0.5, 0.6) is 11.5 Å². The number of amides is 1. The lowest BCUT2D eigenvalue weighted by Gasteiger charge is -2.20. The fourth-order valence-corrected chi connectivity index (χ4v) is 3.99. The van der Waals surface area contributed by atoms with Crippen LogP contribution in [0.15, 0.2) is 23.0 Å². The molecule has 3 N–H and O–H groups in total. The summed E-state index contributed by atoms with van der Waals surface area (Å²) in [5, 5.41) is 0. The molecule has 29 heavy (non-hydrogen) atoms. The monoisotopic (exact) mass is 397 g/mol. The fraction of sp³-hybridized carbons (Fsp3) is 0.400. The minimum Gasteiger partial charge on any atom is -0.493 e. The molecule has 152 valence electrons. The lowest BCUT2D eigenvalue weighted by molar-refractivity contribution is 0.0996. The van der Waals surface area contributed by atoms with E-state index in [2.05, 4.69) is 15.0 Å². The Balaban J connectivity index is 2.01. The van der Waals surface area contributed by atoms with Crippen molar-refractivity contribution in [3.8, 4) is 17.2 Å². The Morgan fingerprint density at radius 1 is 1.17 bits per heavy atom. The van der Waals surface area contributed by atoms with E-state index in [0.29, 0.717) is 28.7 Å². The zero-order chi connectivity index (χ0) is 20.5. The Bertz CT molecular complexity index is 1130. The molecule has 1 aliphatic rings. The van der Waals surface area contributed by atoms with Gasteiger partial charge in [0, 0.05) is 5.92 Å². The smallest absolute Gasteiger partial charge is 0.332 e. The van der Waals surface area contributed by atoms with Crippen LogP contribution in [-0.4, -0.2) is 39.6 Å². The maximum Gasteiger partial charge on any atom is 0.332 e. The molecule has 1 saturated carbocycles. The molecule has 0 radical (unpaired) electrons. The topological polar surface area (TPSA) is 125 Å². The van der Waals surface area contributed by atoms with Gasteiger partial charge in [0.05, 0.1) is 19.9 Å². The first-order valence-electron chi connectivity index (χ1n) is 9.59. The molecule has 0 unspecified atom stereocenters. The maximum atomic E-state index is 12.9. The number of benzene rings is 1. The summed E-state index contributed by atoms with van der Waals surface area (Å²) in [6.07, 6.45) is 5.24. The Kier molecular flexibility index (Phi) is 4.96. The predicted molar refractivity (Wildman–Crippen MR) is 107 cm³/mol. The van der Waals surface area contributed by atoms with Crippen molar-refractivity contribution in [2.24, 2.45) is 5.73 Å². The highest BCUT2D eigenvalue weighted by atomic mass is 16.5. The molecule has 1 aromatic carbocycles. The minimum absolute atomic E-state index is 0.0216. The molecule has 1 aliphatic carbocycles. The van der Waals surface area contributed by atoms with Crippen LogP contribution in [0.3, 0.4) is 0 Å². The largest absolute Gasteiger partial charge is 0.493 e. The number of rotatable bonds is 5. The van der Waals surface area contributed by atoms with Gasteiger partial charge in [0.2, 0.25) is 0 Å². The number of imidazole rings is 1. The van der Waals surface area contributed by atoms with E-state index in [1.54, 1.807) is 18.2 Å². The van der Waals surface area contributed by atoms with E-state index in [9.17, 15) is 9.59 Å². The number of nitrogens with two attached hydrogens (primary N) is 1. The number of ether oxygens (including phenoxy) is 2. The van der Waals surface area contributed by atoms with Crippen LogP contribution in [-0.2, 0) is 0 Å². The molecule has 9 nitrogen and oxygen atoms in total. The van der Waals surface area contributed by atoms with Gasteiger partial charge in [-0.15, -0.1) is 0 Å². The first-order valence-corrected chi connectivity index (χ1v) is 9.59. The number of nitrogens with zero attached hydrogens (tertiary/aromatic N) is 3. The fourth-order valence-electron chi connectivity index (χ4n) is 3.99. The number of hydrogen-bond acceptors (Lipinski definition) is 6. The van der Waals surface area contributed by atoms with E-state index in [4.69, 9.17) is 15.2 Å². The van der Waals surface area contributed by atoms with Crippen molar-refractivity contribution >= 4 is 17.1 Å². The van der Waals surface area contributed by atoms with Crippen LogP contribution in [0.1, 0.15) is 54.3 Å². The summed E-state index contributed by atoms with van der Waals surface area (Å²) in [6.45, 7) is 0. The van der Waals surface area contributed by atoms with Gasteiger partial charge in [-0.1, -0.05) is 25.3 Å². The number of carbonyl (C=O) groups is 1. The summed E-state index contributed by atoms with van der Waals surface area (Å²) in [4.78, 5) is 36.7. The second-order valence-corrected chi connectivity index (χ2v) is 7.11. The molecular formula is C20H23N5O4. The number of methoxy groups -OCH3 is 2. The van der Waals surface area contributed by atoms with E-state index in [-0.39, 0.29) is 17.1 Å². The summed E-state index contributed by atoms with van der Waals surface area (Å²) in [5.74, 6) is 0.831. The molecule has 0 saturated heterocycles. The van der Waals surface area contributed by atoms with Gasteiger partial charge in [0.1, 0.15) is 11.3 Å². The second kappa shape index (κ2) is 7.57. The van der Waals surface area contributed by atoms with E-state index in [0.717, 1.165) is 25.7 Å². The highest BCUT2D eigenvalue weighted by Crippen LogP contribution is 2.35. The summed E-state index contributed by atoms with van der Waals surface area (Å²) in [5.41, 5.74) is 6.09. The first kappa shape index (κ1) is 19.0. The average Bonchev–Trinajstić information content (AvgIpc) is 3.08. The number of fused-ring (bicyclic) bond motifs is 1. The van der Waals surface area contributed by atoms with E-state index in [1.165, 1.54) is 25.2 Å². The number of aromatic nitrogens is 4. The molecule has 4 rings (SSSR count). The maximum absolute atomic E-state index is 12.9. The number of nitrogens with one attached hydrogen (secondary N) is 1. The molecule has 0 atom stereocenters. The molecule has 0 aliphatic heterocycles. The SMILES string of the molecule is COc1cccc(-n2c(=O)[nH]c3c(C(N)=O)nc(C4CCCCC4)nc32)c1OC. The summed E-state index contributed by atoms with van der Waals surface area (Å²) >= 11 is 0. The van der Waals surface area contributed by atoms with Gasteiger partial charge in [0.25, 0.3) is 5.91 Å². The van der Waals surface area contributed by atoms with Crippen LogP contribution >= 0.6 is 0 Å². The third-order valence-electron chi connectivity index (χ3n) is 5.38. The Morgan fingerprint density at radius 2 is 1.93 bits per heavy atom. The number of carbonyl (C=O) groups excluding carboxylic acids is 1. The van der Waals surface area contributed by atoms with E-state index < -0.39 is 11.6 Å². The van der Waals surface area contributed by atoms with Crippen molar-refractivity contribution in [3.63, 3.8) is 0 Å². The number of hydrogen-bond donors (Lipinski definition) is 2. The molecule has 9 heteroatoms. The predicted octanol–water partition coefficient (Wildman–Crippen LogP) is 2.27. The van der Waals surface area contributed by atoms with Gasteiger partial charge in [-0.2, -0.15) is 0 Å². The third-order valence-corrected chi connectivity index (χ3v) is 5.38. The van der Waals surface area contributed by atoms with E-state index in [1.807, 2.05) is 0 Å². The number of aromatic amines is 1. The summed E-state index contributed by atoms with van der Waals surface area (Å²) in [7, 11) is 3.02. The molecule has 2 heterocycles. The number of primary amides is 1. The normalized spacial score (nSPS) is 14.8. The van der Waals surface area contributed by atoms with Crippen molar-refractivity contribution < 1.29 is 14.3 Å². The first-order chi connectivity index (χ1) is 14.0. The Morgan fingerprint density at radius 3 is 2.59 bits per heavy atom. The number of H-pyrrole nitrogens is 1. The van der Waals surface area contributed by atoms with Gasteiger partial charge in [0.15, 0.2) is 22.8 Å². The molecule has 0 bridgehead atoms. The van der Waals surface area contributed by atoms with Crippen molar-refractivity contribution in [3.05, 3.63) is 40.2 Å². The number of para-hydroxylation sites is 1. The van der Waals surface area contributed by atoms with Crippen LogP contribution in [0.25, 0.3) is 16.9 Å². The Labute approximate surface area is 166 Å². The van der Waals surface area contributed by atoms with Gasteiger partial charge in [-0.3, -0.25) is 4.79 Å². The quantitative estimate of drug-likeness (QED) is 0.680. The molecule has 2 aromatic heterocycles. The van der Waals surface area contributed by atoms with Crippen LogP contribution in [0.2, 0.25) is 0 Å². The average molecular weight is 397 g/mol. The standard InChI is InChI=1S/C20H23N5O4/c1-28-13-10-6-9-12(16(13)29-2)25-19-15(23-20(25)27)14(17(21)26)22-18(24-19)11-7-4-3-5-8-11/h6,9-11H,3-5,7-8H2,1-2H3,(H2,21,26)(H,23,27). The third kappa shape index (κ3) is 3.22. The minimum atomic E-state index is -0.708. The van der Waals surface area contributed by atoms with Crippen molar-refractivity contribution in [1.82, 2.24) is 19.5 Å². The van der Waals surface area contributed by atoms with Gasteiger partial charge >= 0.3 is 5.69 Å². The van der Waals surface area contributed by atoms with Gasteiger partial charge in [-0.05, 0) is 25.0 Å². The zero-order valence-corrected chi connectivity index (χ0v) is 16.4. The summed E-state index contributed by atoms with van der Waals surface area (Å²) < 4.78 is 12.2. The zero-order valence-electron chi connectivity index (χ0n) is 16.4. The molecule has 1 fully saturated rings. The van der Waals surface area contributed by atoms with Gasteiger partial charge in [-0.25, -0.2) is 19.3 Å². The molecular weight excluding hydrogens is 374 g/mol. The van der Waals surface area contributed by atoms with E-state index >= 15 is 0 Å².